The average Bonchev–Trinajstić information content (AvgIpc) is 2.34. The zero-order valence-electron chi connectivity index (χ0n) is 11.2. The molecule has 0 unspecified atom stereocenters. The Kier molecular flexibility index (Phi) is 5.85. The molecule has 0 aromatic heterocycles. The van der Waals surface area contributed by atoms with E-state index in [9.17, 15) is 9.59 Å². The number of carboxylic acid groups (broad SMARTS) is 1. The van der Waals surface area contributed by atoms with Gasteiger partial charge in [0.05, 0.1) is 12.3 Å². The third-order valence-electron chi connectivity index (χ3n) is 2.44. The maximum atomic E-state index is 11.2. The van der Waals surface area contributed by atoms with Gasteiger partial charge < -0.3 is 15.2 Å². The summed E-state index contributed by atoms with van der Waals surface area (Å²) in [5, 5.41) is 11.4. The molecule has 19 heavy (non-hydrogen) atoms. The first-order chi connectivity index (χ1) is 9.02. The van der Waals surface area contributed by atoms with Crippen LogP contribution in [0.15, 0.2) is 18.2 Å². The van der Waals surface area contributed by atoms with E-state index < -0.39 is 5.97 Å². The van der Waals surface area contributed by atoms with Crippen molar-refractivity contribution in [2.75, 3.05) is 11.9 Å². The summed E-state index contributed by atoms with van der Waals surface area (Å²) in [6, 6.07) is 5.34. The predicted octanol–water partition coefficient (Wildman–Crippen LogP) is 2.45. The highest BCUT2D eigenvalue weighted by molar-refractivity contribution is 5.90. The van der Waals surface area contributed by atoms with Crippen LogP contribution in [0.1, 0.15) is 32.3 Å². The summed E-state index contributed by atoms with van der Waals surface area (Å²) < 4.78 is 5.54. The second-order valence-electron chi connectivity index (χ2n) is 4.25. The largest absolute Gasteiger partial charge is 0.491 e. The number of aryl methyl sites for hydroxylation is 1. The molecular formula is C14H19NO4. The fraction of sp³-hybridized carbons (Fsp3) is 0.429. The van der Waals surface area contributed by atoms with Crippen LogP contribution < -0.4 is 10.1 Å². The third kappa shape index (κ3) is 5.42. The first-order valence-electron chi connectivity index (χ1n) is 6.28. The Bertz CT molecular complexity index is 457. The Morgan fingerprint density at radius 1 is 1.37 bits per heavy atom. The smallest absolute Gasteiger partial charge is 0.303 e. The van der Waals surface area contributed by atoms with Gasteiger partial charge in [-0.2, -0.15) is 0 Å². The van der Waals surface area contributed by atoms with Gasteiger partial charge in [-0.15, -0.1) is 0 Å². The van der Waals surface area contributed by atoms with Crippen molar-refractivity contribution in [3.8, 4) is 5.75 Å². The second-order valence-corrected chi connectivity index (χ2v) is 4.25. The van der Waals surface area contributed by atoms with Crippen molar-refractivity contribution in [3.05, 3.63) is 23.8 Å². The molecule has 0 bridgehead atoms. The number of aliphatic carboxylic acids is 1. The molecule has 1 amide bonds. The minimum absolute atomic E-state index is 0.0642. The lowest BCUT2D eigenvalue weighted by Gasteiger charge is -2.12. The van der Waals surface area contributed by atoms with Gasteiger partial charge in [-0.05, 0) is 30.5 Å². The molecule has 2 N–H and O–H groups in total. The average molecular weight is 265 g/mol. The number of hydrogen-bond donors (Lipinski definition) is 2. The standard InChI is InChI=1S/C14H19NO4/c1-3-8-19-13-6-4-11(5-7-14(17)18)9-12(13)15-10(2)16/h4,6,9H,3,5,7-8H2,1-2H3,(H,15,16)(H,17,18). The molecule has 0 atom stereocenters. The lowest BCUT2D eigenvalue weighted by atomic mass is 10.1. The molecule has 0 fully saturated rings. The molecule has 1 rings (SSSR count). The zero-order chi connectivity index (χ0) is 14.3. The van der Waals surface area contributed by atoms with Crippen LogP contribution in [0, 0.1) is 0 Å². The SMILES string of the molecule is CCCOc1ccc(CCC(=O)O)cc1NC(C)=O. The summed E-state index contributed by atoms with van der Waals surface area (Å²) in [5.74, 6) is -0.416. The number of hydrogen-bond acceptors (Lipinski definition) is 3. The summed E-state index contributed by atoms with van der Waals surface area (Å²) in [6.07, 6.45) is 1.37. The maximum absolute atomic E-state index is 11.2. The van der Waals surface area contributed by atoms with Gasteiger partial charge in [0.2, 0.25) is 5.91 Å². The lowest BCUT2D eigenvalue weighted by Crippen LogP contribution is -2.09. The predicted molar refractivity (Wildman–Crippen MR) is 72.5 cm³/mol. The van der Waals surface area contributed by atoms with Crippen LogP contribution in [0.5, 0.6) is 5.75 Å². The fourth-order valence-electron chi connectivity index (χ4n) is 1.61. The van der Waals surface area contributed by atoms with Crippen molar-refractivity contribution < 1.29 is 19.4 Å². The lowest BCUT2D eigenvalue weighted by molar-refractivity contribution is -0.137. The summed E-state index contributed by atoms with van der Waals surface area (Å²) in [5.41, 5.74) is 1.44. The highest BCUT2D eigenvalue weighted by atomic mass is 16.5. The molecule has 104 valence electrons. The van der Waals surface area contributed by atoms with Crippen LogP contribution in [-0.2, 0) is 16.0 Å². The quantitative estimate of drug-likeness (QED) is 0.794. The molecule has 1 aromatic carbocycles. The van der Waals surface area contributed by atoms with Gasteiger partial charge in [-0.1, -0.05) is 13.0 Å². The molecule has 0 heterocycles. The molecule has 0 aliphatic rings. The first-order valence-corrected chi connectivity index (χ1v) is 6.28. The maximum Gasteiger partial charge on any atom is 0.303 e. The molecule has 5 nitrogen and oxygen atoms in total. The number of carboxylic acids is 1. The topological polar surface area (TPSA) is 75.6 Å². The minimum atomic E-state index is -0.840. The van der Waals surface area contributed by atoms with E-state index in [1.54, 1.807) is 12.1 Å². The molecular weight excluding hydrogens is 246 g/mol. The van der Waals surface area contributed by atoms with Gasteiger partial charge >= 0.3 is 5.97 Å². The Hall–Kier alpha value is -2.04. The normalized spacial score (nSPS) is 10.0. The molecule has 0 saturated carbocycles. The van der Waals surface area contributed by atoms with Crippen LogP contribution in [0.3, 0.4) is 0 Å². The summed E-state index contributed by atoms with van der Waals surface area (Å²) in [6.45, 7) is 3.99. The van der Waals surface area contributed by atoms with Crippen molar-refractivity contribution in [1.82, 2.24) is 0 Å². The Morgan fingerprint density at radius 2 is 2.11 bits per heavy atom. The number of anilines is 1. The highest BCUT2D eigenvalue weighted by Crippen LogP contribution is 2.26. The molecule has 0 spiro atoms. The molecule has 0 radical (unpaired) electrons. The van der Waals surface area contributed by atoms with E-state index in [1.807, 2.05) is 13.0 Å². The van der Waals surface area contributed by atoms with Crippen LogP contribution in [-0.4, -0.2) is 23.6 Å². The molecule has 1 aromatic rings. The first kappa shape index (κ1) is 15.0. The van der Waals surface area contributed by atoms with Crippen LogP contribution in [0.4, 0.5) is 5.69 Å². The second kappa shape index (κ2) is 7.41. The van der Waals surface area contributed by atoms with Crippen molar-refractivity contribution in [1.29, 1.82) is 0 Å². The van der Waals surface area contributed by atoms with E-state index in [0.29, 0.717) is 24.5 Å². The van der Waals surface area contributed by atoms with E-state index >= 15 is 0 Å². The number of benzene rings is 1. The van der Waals surface area contributed by atoms with Crippen LogP contribution >= 0.6 is 0 Å². The van der Waals surface area contributed by atoms with Gasteiger partial charge in [0, 0.05) is 13.3 Å². The number of amides is 1. The monoisotopic (exact) mass is 265 g/mol. The number of carbonyl (C=O) groups excluding carboxylic acids is 1. The van der Waals surface area contributed by atoms with E-state index in [4.69, 9.17) is 9.84 Å². The number of carbonyl (C=O) groups is 2. The van der Waals surface area contributed by atoms with Gasteiger partial charge in [0.25, 0.3) is 0 Å². The van der Waals surface area contributed by atoms with Crippen molar-refractivity contribution >= 4 is 17.6 Å². The molecule has 0 saturated heterocycles. The van der Waals surface area contributed by atoms with Gasteiger partial charge in [0.1, 0.15) is 5.75 Å². The fourth-order valence-corrected chi connectivity index (χ4v) is 1.61. The number of nitrogens with one attached hydrogen (secondary N) is 1. The van der Waals surface area contributed by atoms with Gasteiger partial charge in [0.15, 0.2) is 0 Å². The summed E-state index contributed by atoms with van der Waals surface area (Å²) in [7, 11) is 0. The van der Waals surface area contributed by atoms with Crippen LogP contribution in [0.2, 0.25) is 0 Å². The van der Waals surface area contributed by atoms with Crippen molar-refractivity contribution in [3.63, 3.8) is 0 Å². The van der Waals surface area contributed by atoms with Crippen molar-refractivity contribution in [2.24, 2.45) is 0 Å². The molecule has 0 aliphatic carbocycles. The van der Waals surface area contributed by atoms with E-state index in [-0.39, 0.29) is 12.3 Å². The summed E-state index contributed by atoms with van der Waals surface area (Å²) in [4.78, 5) is 21.7. The van der Waals surface area contributed by atoms with Gasteiger partial charge in [-0.25, -0.2) is 0 Å². The van der Waals surface area contributed by atoms with E-state index in [0.717, 1.165) is 12.0 Å². The molecule has 5 heteroatoms. The minimum Gasteiger partial charge on any atom is -0.491 e. The Balaban J connectivity index is 2.86. The highest BCUT2D eigenvalue weighted by Gasteiger charge is 2.08. The van der Waals surface area contributed by atoms with E-state index in [1.165, 1.54) is 6.92 Å². The molecule has 0 aliphatic heterocycles. The number of ether oxygens (including phenoxy) is 1. The Morgan fingerprint density at radius 3 is 2.68 bits per heavy atom. The zero-order valence-corrected chi connectivity index (χ0v) is 11.2. The number of rotatable bonds is 7. The summed E-state index contributed by atoms with van der Waals surface area (Å²) >= 11 is 0. The van der Waals surface area contributed by atoms with E-state index in [2.05, 4.69) is 5.32 Å². The van der Waals surface area contributed by atoms with Gasteiger partial charge in [-0.3, -0.25) is 9.59 Å². The third-order valence-corrected chi connectivity index (χ3v) is 2.44. The van der Waals surface area contributed by atoms with Crippen LogP contribution in [0.25, 0.3) is 0 Å². The van der Waals surface area contributed by atoms with Crippen molar-refractivity contribution in [2.45, 2.75) is 33.1 Å². The Labute approximate surface area is 112 Å².